The number of carbonyl (C=O) groups is 3. The van der Waals surface area contributed by atoms with Crippen LogP contribution in [0.2, 0.25) is 0 Å². The second-order valence-corrected chi connectivity index (χ2v) is 7.92. The van der Waals surface area contributed by atoms with Crippen molar-refractivity contribution in [2.24, 2.45) is 0 Å². The number of β-amino-alcohol motifs (C(OH)–C–C–N with tert-alkyl or cyclic N) is 1. The number of hydrogen-bond donors (Lipinski definition) is 5. The lowest BCUT2D eigenvalue weighted by molar-refractivity contribution is -0.135. The third kappa shape index (κ3) is 10.5. The van der Waals surface area contributed by atoms with Crippen LogP contribution in [0.25, 0.3) is 0 Å². The van der Waals surface area contributed by atoms with E-state index in [4.69, 9.17) is 19.8 Å². The van der Waals surface area contributed by atoms with Gasteiger partial charge in [-0.15, -0.1) is 0 Å². The highest BCUT2D eigenvalue weighted by Gasteiger charge is 2.42. The molecule has 1 aliphatic heterocycles. The van der Waals surface area contributed by atoms with Gasteiger partial charge in [-0.05, 0) is 43.3 Å². The number of nitrogens with zero attached hydrogens (tertiary/aromatic N) is 2. The van der Waals surface area contributed by atoms with Crippen molar-refractivity contribution in [1.82, 2.24) is 20.5 Å². The van der Waals surface area contributed by atoms with Gasteiger partial charge < -0.3 is 26.0 Å². The largest absolute Gasteiger partial charge is 0.481 e. The van der Waals surface area contributed by atoms with Crippen LogP contribution in [-0.4, -0.2) is 75.8 Å². The second-order valence-electron chi connectivity index (χ2n) is 7.92. The number of carbonyl (C=O) groups excluding carboxylic acids is 1. The van der Waals surface area contributed by atoms with Gasteiger partial charge in [0.1, 0.15) is 0 Å². The molecular weight excluding hydrogens is 440 g/mol. The highest BCUT2D eigenvalue weighted by atomic mass is 16.4. The number of pyridine rings is 1. The van der Waals surface area contributed by atoms with Gasteiger partial charge in [-0.25, -0.2) is 0 Å². The van der Waals surface area contributed by atoms with Gasteiger partial charge in [-0.2, -0.15) is 0 Å². The fourth-order valence-electron chi connectivity index (χ4n) is 3.54. The number of aliphatic hydroxyl groups excluding tert-OH is 1. The van der Waals surface area contributed by atoms with Crippen LogP contribution in [0.3, 0.4) is 0 Å². The van der Waals surface area contributed by atoms with Crippen molar-refractivity contribution in [3.8, 4) is 0 Å². The summed E-state index contributed by atoms with van der Waals surface area (Å²) in [5.74, 6) is -1.76. The number of piperidine rings is 1. The van der Waals surface area contributed by atoms with Crippen LogP contribution in [0, 0.1) is 0 Å². The van der Waals surface area contributed by atoms with Gasteiger partial charge in [0.15, 0.2) is 0 Å². The lowest BCUT2D eigenvalue weighted by Gasteiger charge is -2.43. The van der Waals surface area contributed by atoms with E-state index in [1.54, 1.807) is 12.4 Å². The number of aliphatic carboxylic acids is 2. The summed E-state index contributed by atoms with van der Waals surface area (Å²) in [6.07, 6.45) is 3.48. The number of likely N-dealkylation sites (N-methyl/N-ethyl adjacent to an activating group) is 1. The van der Waals surface area contributed by atoms with Crippen LogP contribution in [-0.2, 0) is 26.5 Å². The van der Waals surface area contributed by atoms with E-state index >= 15 is 0 Å². The first-order valence-electron chi connectivity index (χ1n) is 10.8. The summed E-state index contributed by atoms with van der Waals surface area (Å²) in [6, 6.07) is 13.6. The fourth-order valence-corrected chi connectivity index (χ4v) is 3.54. The number of benzene rings is 1. The van der Waals surface area contributed by atoms with Gasteiger partial charge in [0, 0.05) is 39.3 Å². The fraction of sp³-hybridized carbons (Fsp3) is 0.417. The summed E-state index contributed by atoms with van der Waals surface area (Å²) >= 11 is 0. The zero-order valence-corrected chi connectivity index (χ0v) is 19.8. The van der Waals surface area contributed by atoms with Crippen molar-refractivity contribution in [2.75, 3.05) is 26.7 Å². The van der Waals surface area contributed by atoms with Crippen molar-refractivity contribution >= 4 is 17.8 Å². The molecule has 2 heterocycles. The molecule has 1 fully saturated rings. The molecule has 0 spiro atoms. The first-order chi connectivity index (χ1) is 16.1. The standard InChI is InChI=1S/C20H26N4O2.2C2H4O2/c1-24(14-16-7-10-21-11-8-16)15-19(26)23-20(9-12-22-13-18(20)25)17-5-3-2-4-6-17;2*1-2(3)4/h2-8,10-11,18,22,25H,9,12-15H2,1H3,(H,23,26);2*1H3,(H,3,4)/t18-,20-;;/m1../s1. The van der Waals surface area contributed by atoms with Crippen molar-refractivity contribution in [3.63, 3.8) is 0 Å². The molecule has 10 nitrogen and oxygen atoms in total. The second kappa shape index (κ2) is 14.7. The van der Waals surface area contributed by atoms with Crippen LogP contribution in [0.5, 0.6) is 0 Å². The molecule has 5 N–H and O–H groups in total. The minimum Gasteiger partial charge on any atom is -0.481 e. The molecule has 186 valence electrons. The monoisotopic (exact) mass is 474 g/mol. The lowest BCUT2D eigenvalue weighted by Crippen LogP contribution is -2.62. The molecule has 1 aromatic carbocycles. The average molecular weight is 475 g/mol. The molecule has 10 heteroatoms. The number of aromatic nitrogens is 1. The summed E-state index contributed by atoms with van der Waals surface area (Å²) in [5.41, 5.74) is 1.30. The topological polar surface area (TPSA) is 152 Å². The molecule has 1 saturated heterocycles. The van der Waals surface area contributed by atoms with Crippen LogP contribution in [0.15, 0.2) is 54.9 Å². The molecule has 0 unspecified atom stereocenters. The molecule has 2 aromatic rings. The normalized spacial score (nSPS) is 19.0. The van der Waals surface area contributed by atoms with Gasteiger partial charge in [0.25, 0.3) is 11.9 Å². The van der Waals surface area contributed by atoms with E-state index in [0.717, 1.165) is 31.5 Å². The lowest BCUT2D eigenvalue weighted by atomic mass is 9.79. The molecule has 3 rings (SSSR count). The Balaban J connectivity index is 0.000000629. The number of nitrogens with one attached hydrogen (secondary N) is 2. The molecule has 2 atom stereocenters. The third-order valence-electron chi connectivity index (χ3n) is 4.87. The molecule has 0 radical (unpaired) electrons. The maximum Gasteiger partial charge on any atom is 0.300 e. The first-order valence-corrected chi connectivity index (χ1v) is 10.8. The van der Waals surface area contributed by atoms with Gasteiger partial charge in [0.2, 0.25) is 5.91 Å². The van der Waals surface area contributed by atoms with E-state index in [1.165, 1.54) is 0 Å². The van der Waals surface area contributed by atoms with Gasteiger partial charge in [-0.3, -0.25) is 24.3 Å². The Labute approximate surface area is 199 Å². The van der Waals surface area contributed by atoms with Gasteiger partial charge >= 0.3 is 0 Å². The number of carboxylic acid groups (broad SMARTS) is 2. The summed E-state index contributed by atoms with van der Waals surface area (Å²) in [7, 11) is 1.91. The predicted octanol–water partition coefficient (Wildman–Crippen LogP) is 1.06. The summed E-state index contributed by atoms with van der Waals surface area (Å²) in [5, 5.41) is 31.8. The van der Waals surface area contributed by atoms with Crippen LogP contribution >= 0.6 is 0 Å². The van der Waals surface area contributed by atoms with Crippen LogP contribution in [0.4, 0.5) is 0 Å². The molecule has 0 bridgehead atoms. The Morgan fingerprint density at radius 1 is 1.09 bits per heavy atom. The Kier molecular flexibility index (Phi) is 12.4. The third-order valence-corrected chi connectivity index (χ3v) is 4.87. The van der Waals surface area contributed by atoms with Crippen LogP contribution in [0.1, 0.15) is 31.4 Å². The highest BCUT2D eigenvalue weighted by Crippen LogP contribution is 2.31. The molecule has 1 amide bonds. The highest BCUT2D eigenvalue weighted by molar-refractivity contribution is 5.79. The zero-order chi connectivity index (χ0) is 25.6. The van der Waals surface area contributed by atoms with Gasteiger partial charge in [0.05, 0.1) is 18.2 Å². The van der Waals surface area contributed by atoms with Crippen molar-refractivity contribution < 1.29 is 29.7 Å². The van der Waals surface area contributed by atoms with Crippen molar-refractivity contribution in [2.45, 2.75) is 38.5 Å². The molecule has 1 aromatic heterocycles. The number of rotatable bonds is 6. The Hall–Kier alpha value is -3.34. The average Bonchev–Trinajstić information content (AvgIpc) is 2.76. The van der Waals surface area contributed by atoms with Crippen molar-refractivity contribution in [1.29, 1.82) is 0 Å². The number of carboxylic acids is 2. The number of aliphatic hydroxyl groups is 1. The minimum absolute atomic E-state index is 0.0913. The first kappa shape index (κ1) is 28.7. The van der Waals surface area contributed by atoms with Gasteiger partial charge in [-0.1, -0.05) is 30.3 Å². The summed E-state index contributed by atoms with van der Waals surface area (Å²) in [4.78, 5) is 36.7. The molecular formula is C24H34N4O6. The van der Waals surface area contributed by atoms with Crippen LogP contribution < -0.4 is 10.6 Å². The molecule has 0 saturated carbocycles. The SMILES string of the molecule is CC(=O)O.CC(=O)O.CN(CC(=O)N[C@@]1(c2ccccc2)CCNC[C@H]1O)Cc1ccncc1. The maximum atomic E-state index is 12.7. The smallest absolute Gasteiger partial charge is 0.300 e. The molecule has 1 aliphatic rings. The predicted molar refractivity (Wildman–Crippen MR) is 127 cm³/mol. The zero-order valence-electron chi connectivity index (χ0n) is 19.8. The maximum absolute atomic E-state index is 12.7. The van der Waals surface area contributed by atoms with E-state index in [2.05, 4.69) is 15.6 Å². The summed E-state index contributed by atoms with van der Waals surface area (Å²) in [6.45, 7) is 4.30. The van der Waals surface area contributed by atoms with E-state index in [1.807, 2.05) is 54.4 Å². The van der Waals surface area contributed by atoms with Crippen molar-refractivity contribution in [3.05, 3.63) is 66.0 Å². The molecule has 34 heavy (non-hydrogen) atoms. The summed E-state index contributed by atoms with van der Waals surface area (Å²) < 4.78 is 0. The van der Waals surface area contributed by atoms with E-state index in [0.29, 0.717) is 19.5 Å². The Bertz CT molecular complexity index is 877. The van der Waals surface area contributed by atoms with E-state index in [9.17, 15) is 9.90 Å². The number of amides is 1. The van der Waals surface area contributed by atoms with E-state index < -0.39 is 23.6 Å². The van der Waals surface area contributed by atoms with E-state index in [-0.39, 0.29) is 12.5 Å². The Morgan fingerprint density at radius 3 is 2.18 bits per heavy atom. The molecule has 0 aliphatic carbocycles. The minimum atomic E-state index is -0.833. The number of hydrogen-bond acceptors (Lipinski definition) is 7. The quantitative estimate of drug-likeness (QED) is 0.414. The Morgan fingerprint density at radius 2 is 1.65 bits per heavy atom.